The third-order valence-electron chi connectivity index (χ3n) is 5.17. The van der Waals surface area contributed by atoms with Crippen LogP contribution in [0.15, 0.2) is 48.5 Å². The SMILES string of the molecule is CCCCOc1ccc(/C=C/C(=O)N2CCN(c3ccc(O)cc3)CC2)cc1OC. The van der Waals surface area contributed by atoms with Crippen molar-refractivity contribution >= 4 is 17.7 Å². The second-order valence-corrected chi connectivity index (χ2v) is 7.27. The lowest BCUT2D eigenvalue weighted by Gasteiger charge is -2.35. The van der Waals surface area contributed by atoms with E-state index in [0.717, 1.165) is 42.9 Å². The third kappa shape index (κ3) is 5.69. The predicted octanol–water partition coefficient (Wildman–Crippen LogP) is 3.94. The van der Waals surface area contributed by atoms with E-state index in [-0.39, 0.29) is 11.7 Å². The maximum Gasteiger partial charge on any atom is 0.246 e. The molecule has 1 amide bonds. The standard InChI is InChI=1S/C24H30N2O4/c1-3-4-17-30-22-11-5-19(18-23(22)29-2)6-12-24(28)26-15-13-25(14-16-26)20-7-9-21(27)10-8-20/h5-12,18,27H,3-4,13-17H2,1-2H3/b12-6+. The molecule has 2 aromatic rings. The van der Waals surface area contributed by atoms with Gasteiger partial charge in [-0.1, -0.05) is 19.4 Å². The summed E-state index contributed by atoms with van der Waals surface area (Å²) in [4.78, 5) is 16.7. The lowest BCUT2D eigenvalue weighted by atomic mass is 10.1. The zero-order valence-electron chi connectivity index (χ0n) is 17.7. The zero-order valence-corrected chi connectivity index (χ0v) is 17.7. The van der Waals surface area contributed by atoms with Crippen LogP contribution >= 0.6 is 0 Å². The topological polar surface area (TPSA) is 62.2 Å². The molecule has 3 rings (SSSR count). The number of phenolic OH excluding ortho intramolecular Hbond substituents is 1. The van der Waals surface area contributed by atoms with Gasteiger partial charge in [0.2, 0.25) is 5.91 Å². The van der Waals surface area contributed by atoms with Crippen molar-refractivity contribution in [1.29, 1.82) is 0 Å². The molecule has 6 heteroatoms. The van der Waals surface area contributed by atoms with Crippen LogP contribution in [0.25, 0.3) is 6.08 Å². The van der Waals surface area contributed by atoms with Crippen molar-refractivity contribution < 1.29 is 19.4 Å². The average Bonchev–Trinajstić information content (AvgIpc) is 2.78. The van der Waals surface area contributed by atoms with Gasteiger partial charge in [0, 0.05) is 37.9 Å². The number of aromatic hydroxyl groups is 1. The first-order chi connectivity index (χ1) is 14.6. The molecule has 0 aliphatic carbocycles. The van der Waals surface area contributed by atoms with Crippen LogP contribution in [0.2, 0.25) is 0 Å². The molecule has 0 radical (unpaired) electrons. The van der Waals surface area contributed by atoms with Gasteiger partial charge in [-0.25, -0.2) is 0 Å². The Balaban J connectivity index is 1.55. The molecule has 30 heavy (non-hydrogen) atoms. The van der Waals surface area contributed by atoms with Gasteiger partial charge in [0.15, 0.2) is 11.5 Å². The Morgan fingerprint density at radius 1 is 1.07 bits per heavy atom. The summed E-state index contributed by atoms with van der Waals surface area (Å²) in [7, 11) is 1.62. The Kier molecular flexibility index (Phi) is 7.60. The number of methoxy groups -OCH3 is 1. The van der Waals surface area contributed by atoms with Crippen molar-refractivity contribution in [2.75, 3.05) is 44.8 Å². The Bertz CT molecular complexity index is 856. The van der Waals surface area contributed by atoms with Crippen LogP contribution in [0.5, 0.6) is 17.2 Å². The lowest BCUT2D eigenvalue weighted by molar-refractivity contribution is -0.126. The minimum absolute atomic E-state index is 0.00240. The minimum atomic E-state index is 0.00240. The number of rotatable bonds is 8. The first kappa shape index (κ1) is 21.6. The van der Waals surface area contributed by atoms with Crippen molar-refractivity contribution in [3.8, 4) is 17.2 Å². The van der Waals surface area contributed by atoms with Crippen LogP contribution in [0.4, 0.5) is 5.69 Å². The summed E-state index contributed by atoms with van der Waals surface area (Å²) in [5, 5.41) is 9.43. The van der Waals surface area contributed by atoms with Gasteiger partial charge in [0.1, 0.15) is 5.75 Å². The molecule has 1 saturated heterocycles. The van der Waals surface area contributed by atoms with Crippen molar-refractivity contribution in [3.05, 3.63) is 54.1 Å². The molecule has 0 atom stereocenters. The Hall–Kier alpha value is -3.15. The fraction of sp³-hybridized carbons (Fsp3) is 0.375. The molecule has 1 fully saturated rings. The second kappa shape index (κ2) is 10.6. The molecular formula is C24H30N2O4. The fourth-order valence-corrected chi connectivity index (χ4v) is 3.35. The summed E-state index contributed by atoms with van der Waals surface area (Å²) >= 11 is 0. The second-order valence-electron chi connectivity index (χ2n) is 7.27. The predicted molar refractivity (Wildman–Crippen MR) is 119 cm³/mol. The molecule has 0 saturated carbocycles. The maximum atomic E-state index is 12.6. The van der Waals surface area contributed by atoms with E-state index in [1.165, 1.54) is 0 Å². The monoisotopic (exact) mass is 410 g/mol. The fourth-order valence-electron chi connectivity index (χ4n) is 3.35. The number of benzene rings is 2. The Labute approximate surface area is 178 Å². The molecule has 1 N–H and O–H groups in total. The highest BCUT2D eigenvalue weighted by atomic mass is 16.5. The van der Waals surface area contributed by atoms with Gasteiger partial charge in [0.05, 0.1) is 13.7 Å². The Morgan fingerprint density at radius 2 is 1.80 bits per heavy atom. The van der Waals surface area contributed by atoms with Crippen molar-refractivity contribution in [3.63, 3.8) is 0 Å². The molecule has 1 aliphatic rings. The quantitative estimate of drug-likeness (QED) is 0.528. The Morgan fingerprint density at radius 3 is 2.47 bits per heavy atom. The van der Waals surface area contributed by atoms with E-state index in [0.29, 0.717) is 25.4 Å². The molecule has 2 aromatic carbocycles. The highest BCUT2D eigenvalue weighted by Gasteiger charge is 2.19. The summed E-state index contributed by atoms with van der Waals surface area (Å²) in [6.45, 7) is 5.65. The molecule has 6 nitrogen and oxygen atoms in total. The van der Waals surface area contributed by atoms with Crippen LogP contribution in [-0.2, 0) is 4.79 Å². The number of hydrogen-bond donors (Lipinski definition) is 1. The van der Waals surface area contributed by atoms with Gasteiger partial charge in [0.25, 0.3) is 0 Å². The van der Waals surface area contributed by atoms with E-state index < -0.39 is 0 Å². The number of carbonyl (C=O) groups excluding carboxylic acids is 1. The number of anilines is 1. The number of ether oxygens (including phenoxy) is 2. The largest absolute Gasteiger partial charge is 0.508 e. The normalized spacial score (nSPS) is 14.2. The van der Waals surface area contributed by atoms with E-state index >= 15 is 0 Å². The van der Waals surface area contributed by atoms with E-state index in [1.807, 2.05) is 41.3 Å². The van der Waals surface area contributed by atoms with Gasteiger partial charge < -0.3 is 24.4 Å². The molecule has 1 heterocycles. The van der Waals surface area contributed by atoms with E-state index in [4.69, 9.17) is 9.47 Å². The van der Waals surface area contributed by atoms with Gasteiger partial charge in [-0.2, -0.15) is 0 Å². The number of phenols is 1. The van der Waals surface area contributed by atoms with Crippen LogP contribution in [0.1, 0.15) is 25.3 Å². The number of carbonyl (C=O) groups is 1. The number of hydrogen-bond acceptors (Lipinski definition) is 5. The van der Waals surface area contributed by atoms with Crippen LogP contribution in [-0.4, -0.2) is 55.8 Å². The molecular weight excluding hydrogens is 380 g/mol. The molecule has 0 bridgehead atoms. The molecule has 0 aromatic heterocycles. The van der Waals surface area contributed by atoms with Crippen LogP contribution in [0, 0.1) is 0 Å². The van der Waals surface area contributed by atoms with E-state index in [1.54, 1.807) is 25.3 Å². The van der Waals surface area contributed by atoms with Gasteiger partial charge >= 0.3 is 0 Å². The van der Waals surface area contributed by atoms with Gasteiger partial charge in [-0.3, -0.25) is 4.79 Å². The molecule has 1 aliphatic heterocycles. The highest BCUT2D eigenvalue weighted by molar-refractivity contribution is 5.92. The van der Waals surface area contributed by atoms with E-state index in [9.17, 15) is 9.90 Å². The van der Waals surface area contributed by atoms with Gasteiger partial charge in [-0.05, 0) is 54.5 Å². The number of amides is 1. The summed E-state index contributed by atoms with van der Waals surface area (Å²) in [5.74, 6) is 1.65. The smallest absolute Gasteiger partial charge is 0.246 e. The highest BCUT2D eigenvalue weighted by Crippen LogP contribution is 2.29. The number of unbranched alkanes of at least 4 members (excludes halogenated alkanes) is 1. The summed E-state index contributed by atoms with van der Waals surface area (Å²) < 4.78 is 11.2. The van der Waals surface area contributed by atoms with Crippen LogP contribution < -0.4 is 14.4 Å². The zero-order chi connectivity index (χ0) is 21.3. The minimum Gasteiger partial charge on any atom is -0.508 e. The lowest BCUT2D eigenvalue weighted by Crippen LogP contribution is -2.48. The van der Waals surface area contributed by atoms with Crippen molar-refractivity contribution in [2.45, 2.75) is 19.8 Å². The van der Waals surface area contributed by atoms with Gasteiger partial charge in [-0.15, -0.1) is 0 Å². The average molecular weight is 411 g/mol. The van der Waals surface area contributed by atoms with Crippen molar-refractivity contribution in [1.82, 2.24) is 4.90 Å². The summed E-state index contributed by atoms with van der Waals surface area (Å²) in [6, 6.07) is 12.9. The first-order valence-corrected chi connectivity index (χ1v) is 10.4. The molecule has 0 spiro atoms. The summed E-state index contributed by atoms with van der Waals surface area (Å²) in [5.41, 5.74) is 1.95. The van der Waals surface area contributed by atoms with E-state index in [2.05, 4.69) is 11.8 Å². The first-order valence-electron chi connectivity index (χ1n) is 10.4. The van der Waals surface area contributed by atoms with Crippen LogP contribution in [0.3, 0.4) is 0 Å². The maximum absolute atomic E-state index is 12.6. The number of nitrogens with zero attached hydrogens (tertiary/aromatic N) is 2. The number of piperazine rings is 1. The third-order valence-corrected chi connectivity index (χ3v) is 5.17. The molecule has 0 unspecified atom stereocenters. The van der Waals surface area contributed by atoms with Crippen molar-refractivity contribution in [2.24, 2.45) is 0 Å². The summed E-state index contributed by atoms with van der Waals surface area (Å²) in [6.07, 6.45) is 5.50. The molecule has 160 valence electrons.